The van der Waals surface area contributed by atoms with Crippen molar-refractivity contribution in [1.29, 1.82) is 0 Å². The normalized spacial score (nSPS) is 11.1. The highest BCUT2D eigenvalue weighted by molar-refractivity contribution is 5.67. The molecule has 0 unspecified atom stereocenters. The SMILES string of the molecule is Cc1ccc(OCC(F)F)cc1-c1cnn(CCN)c1. The molecule has 0 saturated heterocycles. The topological polar surface area (TPSA) is 53.1 Å². The number of benzene rings is 1. The minimum absolute atomic E-state index is 0.428. The molecule has 1 heterocycles. The molecule has 1 aromatic carbocycles. The molecule has 0 spiro atoms. The van der Waals surface area contributed by atoms with Crippen molar-refractivity contribution in [3.63, 3.8) is 0 Å². The Balaban J connectivity index is 2.22. The fourth-order valence-electron chi connectivity index (χ4n) is 1.92. The zero-order chi connectivity index (χ0) is 14.5. The maximum atomic E-state index is 12.2. The summed E-state index contributed by atoms with van der Waals surface area (Å²) in [6.45, 7) is 2.50. The van der Waals surface area contributed by atoms with Gasteiger partial charge in [-0.05, 0) is 30.2 Å². The standard InChI is InChI=1S/C14H17F2N3O/c1-10-2-3-12(20-9-14(15)16)6-13(10)11-7-18-19(8-11)5-4-17/h2-3,6-8,14H,4-5,9,17H2,1H3. The van der Waals surface area contributed by atoms with Gasteiger partial charge in [0.2, 0.25) is 0 Å². The number of hydrogen-bond donors (Lipinski definition) is 1. The predicted molar refractivity (Wildman–Crippen MR) is 73.0 cm³/mol. The summed E-state index contributed by atoms with van der Waals surface area (Å²) in [5.41, 5.74) is 8.34. The zero-order valence-corrected chi connectivity index (χ0v) is 11.2. The Morgan fingerprint density at radius 2 is 2.20 bits per heavy atom. The molecular formula is C14H17F2N3O. The van der Waals surface area contributed by atoms with Crippen LogP contribution in [0, 0.1) is 6.92 Å². The third-order valence-electron chi connectivity index (χ3n) is 2.89. The number of halogens is 2. The maximum absolute atomic E-state index is 12.2. The summed E-state index contributed by atoms with van der Waals surface area (Å²) >= 11 is 0. The van der Waals surface area contributed by atoms with E-state index in [1.807, 2.05) is 19.2 Å². The molecule has 2 aromatic rings. The van der Waals surface area contributed by atoms with Gasteiger partial charge in [0, 0.05) is 18.3 Å². The van der Waals surface area contributed by atoms with Crippen LogP contribution in [0.5, 0.6) is 5.75 Å². The molecule has 0 fully saturated rings. The van der Waals surface area contributed by atoms with Crippen molar-refractivity contribution in [2.24, 2.45) is 5.73 Å². The van der Waals surface area contributed by atoms with E-state index >= 15 is 0 Å². The summed E-state index contributed by atoms with van der Waals surface area (Å²) < 4.78 is 31.1. The lowest BCUT2D eigenvalue weighted by molar-refractivity contribution is 0.0819. The fourth-order valence-corrected chi connectivity index (χ4v) is 1.92. The van der Waals surface area contributed by atoms with Gasteiger partial charge in [-0.25, -0.2) is 8.78 Å². The second-order valence-corrected chi connectivity index (χ2v) is 4.46. The minimum Gasteiger partial charge on any atom is -0.488 e. The first-order valence-corrected chi connectivity index (χ1v) is 6.34. The summed E-state index contributed by atoms with van der Waals surface area (Å²) in [7, 11) is 0. The van der Waals surface area contributed by atoms with Gasteiger partial charge < -0.3 is 10.5 Å². The number of hydrogen-bond acceptors (Lipinski definition) is 3. The van der Waals surface area contributed by atoms with Crippen LogP contribution in [0.4, 0.5) is 8.78 Å². The van der Waals surface area contributed by atoms with E-state index in [2.05, 4.69) is 5.10 Å². The molecule has 1 aromatic heterocycles. The molecule has 0 saturated carbocycles. The van der Waals surface area contributed by atoms with E-state index in [-0.39, 0.29) is 0 Å². The van der Waals surface area contributed by atoms with E-state index in [0.717, 1.165) is 16.7 Å². The van der Waals surface area contributed by atoms with Crippen molar-refractivity contribution in [3.8, 4) is 16.9 Å². The summed E-state index contributed by atoms with van der Waals surface area (Å²) in [6, 6.07) is 5.28. The second kappa shape index (κ2) is 6.47. The van der Waals surface area contributed by atoms with Crippen LogP contribution in [0.15, 0.2) is 30.6 Å². The third-order valence-corrected chi connectivity index (χ3v) is 2.89. The number of ether oxygens (including phenoxy) is 1. The number of aromatic nitrogens is 2. The lowest BCUT2D eigenvalue weighted by atomic mass is 10.0. The van der Waals surface area contributed by atoms with Crippen LogP contribution in [0.25, 0.3) is 11.1 Å². The highest BCUT2D eigenvalue weighted by Gasteiger charge is 2.09. The van der Waals surface area contributed by atoms with Crippen molar-refractivity contribution < 1.29 is 13.5 Å². The molecule has 2 rings (SSSR count). The summed E-state index contributed by atoms with van der Waals surface area (Å²) in [5, 5.41) is 4.20. The molecule has 0 aliphatic heterocycles. The maximum Gasteiger partial charge on any atom is 0.272 e. The molecule has 20 heavy (non-hydrogen) atoms. The van der Waals surface area contributed by atoms with Crippen LogP contribution < -0.4 is 10.5 Å². The second-order valence-electron chi connectivity index (χ2n) is 4.46. The third kappa shape index (κ3) is 3.54. The van der Waals surface area contributed by atoms with Gasteiger partial charge >= 0.3 is 0 Å². The minimum atomic E-state index is -2.48. The predicted octanol–water partition coefficient (Wildman–Crippen LogP) is 2.46. The Bertz CT molecular complexity index is 569. The van der Waals surface area contributed by atoms with E-state index in [1.165, 1.54) is 0 Å². The van der Waals surface area contributed by atoms with Gasteiger partial charge in [0.15, 0.2) is 0 Å². The van der Waals surface area contributed by atoms with Gasteiger partial charge in [-0.2, -0.15) is 5.10 Å². The Kier molecular flexibility index (Phi) is 4.68. The average molecular weight is 281 g/mol. The van der Waals surface area contributed by atoms with Crippen molar-refractivity contribution in [1.82, 2.24) is 9.78 Å². The highest BCUT2D eigenvalue weighted by Crippen LogP contribution is 2.27. The van der Waals surface area contributed by atoms with Gasteiger partial charge in [-0.15, -0.1) is 0 Å². The molecule has 0 atom stereocenters. The Morgan fingerprint density at radius 3 is 2.90 bits per heavy atom. The largest absolute Gasteiger partial charge is 0.488 e. The molecule has 108 valence electrons. The van der Waals surface area contributed by atoms with Crippen molar-refractivity contribution in [3.05, 3.63) is 36.2 Å². The van der Waals surface area contributed by atoms with E-state index in [1.54, 1.807) is 23.0 Å². The molecule has 2 N–H and O–H groups in total. The molecule has 4 nitrogen and oxygen atoms in total. The fraction of sp³-hybridized carbons (Fsp3) is 0.357. The first kappa shape index (κ1) is 14.5. The molecule has 0 bridgehead atoms. The average Bonchev–Trinajstić information content (AvgIpc) is 2.86. The monoisotopic (exact) mass is 281 g/mol. The van der Waals surface area contributed by atoms with Gasteiger partial charge in [-0.1, -0.05) is 6.07 Å². The Labute approximate surface area is 116 Å². The molecule has 0 amide bonds. The summed E-state index contributed by atoms with van der Waals surface area (Å²) in [6.07, 6.45) is 1.13. The molecule has 0 aliphatic carbocycles. The lowest BCUT2D eigenvalue weighted by Gasteiger charge is -2.09. The Morgan fingerprint density at radius 1 is 1.40 bits per heavy atom. The van der Waals surface area contributed by atoms with Crippen LogP contribution in [0.2, 0.25) is 0 Å². The number of aryl methyl sites for hydroxylation is 1. The molecule has 0 radical (unpaired) electrons. The van der Waals surface area contributed by atoms with Crippen LogP contribution in [-0.4, -0.2) is 29.4 Å². The first-order chi connectivity index (χ1) is 9.60. The lowest BCUT2D eigenvalue weighted by Crippen LogP contribution is -2.09. The van der Waals surface area contributed by atoms with Gasteiger partial charge in [0.25, 0.3) is 6.43 Å². The van der Waals surface area contributed by atoms with Crippen molar-refractivity contribution in [2.75, 3.05) is 13.2 Å². The van der Waals surface area contributed by atoms with Gasteiger partial charge in [-0.3, -0.25) is 4.68 Å². The van der Waals surface area contributed by atoms with E-state index in [9.17, 15) is 8.78 Å². The van der Waals surface area contributed by atoms with Crippen LogP contribution >= 0.6 is 0 Å². The number of alkyl halides is 2. The zero-order valence-electron chi connectivity index (χ0n) is 11.2. The van der Waals surface area contributed by atoms with Crippen LogP contribution in [0.1, 0.15) is 5.56 Å². The van der Waals surface area contributed by atoms with Gasteiger partial charge in [0.1, 0.15) is 12.4 Å². The quantitative estimate of drug-likeness (QED) is 0.885. The molecule has 0 aliphatic rings. The molecule has 6 heteroatoms. The highest BCUT2D eigenvalue weighted by atomic mass is 19.3. The number of nitrogens with zero attached hydrogens (tertiary/aromatic N) is 2. The number of nitrogens with two attached hydrogens (primary N) is 1. The van der Waals surface area contributed by atoms with Crippen LogP contribution in [-0.2, 0) is 6.54 Å². The van der Waals surface area contributed by atoms with E-state index < -0.39 is 13.0 Å². The van der Waals surface area contributed by atoms with Gasteiger partial charge in [0.05, 0.1) is 12.7 Å². The summed E-state index contributed by atoms with van der Waals surface area (Å²) in [4.78, 5) is 0. The van der Waals surface area contributed by atoms with Crippen molar-refractivity contribution in [2.45, 2.75) is 19.9 Å². The van der Waals surface area contributed by atoms with Crippen molar-refractivity contribution >= 4 is 0 Å². The first-order valence-electron chi connectivity index (χ1n) is 6.34. The van der Waals surface area contributed by atoms with E-state index in [4.69, 9.17) is 10.5 Å². The number of rotatable bonds is 6. The Hall–Kier alpha value is -1.95. The van der Waals surface area contributed by atoms with E-state index in [0.29, 0.717) is 18.8 Å². The summed E-state index contributed by atoms with van der Waals surface area (Å²) in [5.74, 6) is 0.428. The smallest absolute Gasteiger partial charge is 0.272 e. The molecular weight excluding hydrogens is 264 g/mol. The van der Waals surface area contributed by atoms with Crippen LogP contribution in [0.3, 0.4) is 0 Å².